The molecule has 2 fully saturated rings. The molecule has 1 aliphatic heterocycles. The Morgan fingerprint density at radius 2 is 0.917 bits per heavy atom. The van der Waals surface area contributed by atoms with Gasteiger partial charge in [0.2, 0.25) is 0 Å². The maximum Gasteiger partial charge on any atom is 0.164 e. The SMILES string of the molecule is CC1(C)O[C@@H]2C(OCc3ccccc3)[C@H](O1)[C@H](OCc1ccccc1)C(O)[C@H]2OCc1ccccc1. The van der Waals surface area contributed by atoms with Crippen LogP contribution in [0.4, 0.5) is 0 Å². The number of hydrogen-bond acceptors (Lipinski definition) is 6. The lowest BCUT2D eigenvalue weighted by Crippen LogP contribution is -2.72. The minimum absolute atomic E-state index is 0.338. The predicted octanol–water partition coefficient (Wildman–Crippen LogP) is 4.64. The van der Waals surface area contributed by atoms with Crippen LogP contribution in [0.1, 0.15) is 30.5 Å². The quantitative estimate of drug-likeness (QED) is 0.472. The van der Waals surface area contributed by atoms with Crippen LogP contribution in [-0.4, -0.2) is 47.5 Å². The molecular weight excluding hydrogens is 456 g/mol. The molecule has 190 valence electrons. The highest BCUT2D eigenvalue weighted by atomic mass is 16.7. The van der Waals surface area contributed by atoms with Crippen LogP contribution in [0.2, 0.25) is 0 Å². The van der Waals surface area contributed by atoms with Crippen LogP contribution >= 0.6 is 0 Å². The van der Waals surface area contributed by atoms with Crippen molar-refractivity contribution in [2.45, 2.75) is 76.1 Å². The first-order valence-electron chi connectivity index (χ1n) is 12.5. The molecule has 1 N–H and O–H groups in total. The molecule has 1 saturated heterocycles. The van der Waals surface area contributed by atoms with E-state index in [9.17, 15) is 5.11 Å². The monoisotopic (exact) mass is 490 g/mol. The fourth-order valence-electron chi connectivity index (χ4n) is 4.96. The molecular formula is C30H34O6. The van der Waals surface area contributed by atoms with Crippen molar-refractivity contribution in [3.8, 4) is 0 Å². The first-order valence-corrected chi connectivity index (χ1v) is 12.5. The van der Waals surface area contributed by atoms with Crippen LogP contribution in [0.15, 0.2) is 91.0 Å². The van der Waals surface area contributed by atoms with Crippen molar-refractivity contribution < 1.29 is 28.8 Å². The fourth-order valence-corrected chi connectivity index (χ4v) is 4.96. The highest BCUT2D eigenvalue weighted by Gasteiger charge is 2.59. The Morgan fingerprint density at radius 1 is 0.583 bits per heavy atom. The van der Waals surface area contributed by atoms with E-state index in [-0.39, 0.29) is 0 Å². The number of fused-ring (bicyclic) bond motifs is 2. The molecule has 6 nitrogen and oxygen atoms in total. The second-order valence-corrected chi connectivity index (χ2v) is 9.84. The van der Waals surface area contributed by atoms with Crippen LogP contribution < -0.4 is 0 Å². The maximum atomic E-state index is 11.5. The number of aliphatic hydroxyl groups is 1. The van der Waals surface area contributed by atoms with Gasteiger partial charge in [-0.2, -0.15) is 0 Å². The topological polar surface area (TPSA) is 66.4 Å². The summed E-state index contributed by atoms with van der Waals surface area (Å²) in [7, 11) is 0. The van der Waals surface area contributed by atoms with Gasteiger partial charge < -0.3 is 28.8 Å². The normalized spacial score (nSPS) is 29.1. The van der Waals surface area contributed by atoms with Gasteiger partial charge in [-0.05, 0) is 30.5 Å². The summed E-state index contributed by atoms with van der Waals surface area (Å²) in [6.45, 7) is 4.82. The summed E-state index contributed by atoms with van der Waals surface area (Å²) in [5.41, 5.74) is 3.08. The molecule has 6 atom stereocenters. The predicted molar refractivity (Wildman–Crippen MR) is 135 cm³/mol. The van der Waals surface area contributed by atoms with Crippen LogP contribution in [0.25, 0.3) is 0 Å². The fraction of sp³-hybridized carbons (Fsp3) is 0.400. The third-order valence-electron chi connectivity index (χ3n) is 6.66. The number of hydrogen-bond donors (Lipinski definition) is 1. The lowest BCUT2D eigenvalue weighted by atomic mass is 9.82. The summed E-state index contributed by atoms with van der Waals surface area (Å²) in [6, 6.07) is 29.8. The summed E-state index contributed by atoms with van der Waals surface area (Å²) in [4.78, 5) is 0. The van der Waals surface area contributed by atoms with Gasteiger partial charge in [0.1, 0.15) is 36.6 Å². The standard InChI is InChI=1S/C30H34O6/c1-30(2)35-28-25(32-18-21-12-6-3-7-13-21)24(31)26(33-19-22-14-8-4-9-15-22)29(36-30)27(28)34-20-23-16-10-5-11-17-23/h3-17,24-29,31H,18-20H2,1-2H3/t24?,25-,26-,27?,28-,29+/m1/s1. The molecule has 1 saturated carbocycles. The number of rotatable bonds is 9. The third-order valence-corrected chi connectivity index (χ3v) is 6.66. The first-order chi connectivity index (χ1) is 17.5. The Morgan fingerprint density at radius 3 is 1.28 bits per heavy atom. The van der Waals surface area contributed by atoms with E-state index in [0.717, 1.165) is 16.7 Å². The molecule has 0 radical (unpaired) electrons. The zero-order valence-corrected chi connectivity index (χ0v) is 20.7. The van der Waals surface area contributed by atoms with Crippen molar-refractivity contribution in [3.63, 3.8) is 0 Å². The van der Waals surface area contributed by atoms with Crippen LogP contribution in [0, 0.1) is 0 Å². The summed E-state index contributed by atoms with van der Waals surface area (Å²) < 4.78 is 31.8. The van der Waals surface area contributed by atoms with E-state index in [1.165, 1.54) is 0 Å². The lowest BCUT2D eigenvalue weighted by molar-refractivity contribution is -0.400. The molecule has 36 heavy (non-hydrogen) atoms. The van der Waals surface area contributed by atoms with E-state index in [2.05, 4.69) is 0 Å². The largest absolute Gasteiger partial charge is 0.387 e. The van der Waals surface area contributed by atoms with Crippen molar-refractivity contribution in [1.82, 2.24) is 0 Å². The summed E-state index contributed by atoms with van der Waals surface area (Å²) >= 11 is 0. The van der Waals surface area contributed by atoms with E-state index in [1.807, 2.05) is 105 Å². The van der Waals surface area contributed by atoms with Crippen molar-refractivity contribution >= 4 is 0 Å². The van der Waals surface area contributed by atoms with Crippen LogP contribution in [0.3, 0.4) is 0 Å². The average Bonchev–Trinajstić information content (AvgIpc) is 2.89. The molecule has 1 heterocycles. The van der Waals surface area contributed by atoms with Gasteiger partial charge in [-0.15, -0.1) is 0 Å². The average molecular weight is 491 g/mol. The van der Waals surface area contributed by atoms with Crippen molar-refractivity contribution in [3.05, 3.63) is 108 Å². The van der Waals surface area contributed by atoms with Gasteiger partial charge in [0.05, 0.1) is 19.8 Å². The molecule has 3 aromatic rings. The van der Waals surface area contributed by atoms with E-state index >= 15 is 0 Å². The van der Waals surface area contributed by atoms with Gasteiger partial charge in [0.15, 0.2) is 5.79 Å². The summed E-state index contributed by atoms with van der Waals surface area (Å²) in [6.07, 6.45) is -3.82. The Bertz CT molecular complexity index is 946. The summed E-state index contributed by atoms with van der Waals surface area (Å²) in [5, 5.41) is 11.5. The second kappa shape index (κ2) is 11.2. The highest BCUT2D eigenvalue weighted by molar-refractivity contribution is 5.16. The van der Waals surface area contributed by atoms with Gasteiger partial charge in [-0.3, -0.25) is 0 Å². The third kappa shape index (κ3) is 5.86. The zero-order valence-electron chi connectivity index (χ0n) is 20.7. The minimum atomic E-state index is -0.958. The molecule has 0 amide bonds. The molecule has 2 bridgehead atoms. The van der Waals surface area contributed by atoms with E-state index in [0.29, 0.717) is 19.8 Å². The smallest absolute Gasteiger partial charge is 0.164 e. The van der Waals surface area contributed by atoms with Gasteiger partial charge >= 0.3 is 0 Å². The van der Waals surface area contributed by atoms with Gasteiger partial charge in [-0.25, -0.2) is 0 Å². The Kier molecular flexibility index (Phi) is 7.82. The van der Waals surface area contributed by atoms with Crippen molar-refractivity contribution in [2.75, 3.05) is 0 Å². The number of aliphatic hydroxyl groups excluding tert-OH is 1. The molecule has 6 heteroatoms. The maximum absolute atomic E-state index is 11.5. The highest BCUT2D eigenvalue weighted by Crippen LogP contribution is 2.41. The van der Waals surface area contributed by atoms with E-state index in [1.54, 1.807) is 0 Å². The van der Waals surface area contributed by atoms with Crippen molar-refractivity contribution in [1.29, 1.82) is 0 Å². The first kappa shape index (κ1) is 25.1. The molecule has 0 spiro atoms. The molecule has 0 aromatic heterocycles. The van der Waals surface area contributed by atoms with Gasteiger partial charge in [0, 0.05) is 0 Å². The minimum Gasteiger partial charge on any atom is -0.387 e. The van der Waals surface area contributed by atoms with E-state index in [4.69, 9.17) is 23.7 Å². The lowest BCUT2D eigenvalue weighted by Gasteiger charge is -2.55. The summed E-state index contributed by atoms with van der Waals surface area (Å²) in [5.74, 6) is -0.884. The second-order valence-electron chi connectivity index (χ2n) is 9.84. The molecule has 5 rings (SSSR count). The molecule has 1 aliphatic carbocycles. The molecule has 2 unspecified atom stereocenters. The number of ether oxygens (including phenoxy) is 5. The number of benzene rings is 3. The van der Waals surface area contributed by atoms with Gasteiger partial charge in [-0.1, -0.05) is 91.0 Å². The molecule has 3 aromatic carbocycles. The van der Waals surface area contributed by atoms with Crippen molar-refractivity contribution in [2.24, 2.45) is 0 Å². The van der Waals surface area contributed by atoms with E-state index < -0.39 is 42.4 Å². The van der Waals surface area contributed by atoms with Gasteiger partial charge in [0.25, 0.3) is 0 Å². The molecule has 2 aliphatic rings. The zero-order chi connectivity index (χ0) is 25.0. The van der Waals surface area contributed by atoms with Crippen LogP contribution in [0.5, 0.6) is 0 Å². The Labute approximate surface area is 212 Å². The Balaban J connectivity index is 1.41. The van der Waals surface area contributed by atoms with Crippen LogP contribution in [-0.2, 0) is 43.5 Å². The Hall–Kier alpha value is -2.58.